The lowest BCUT2D eigenvalue weighted by Gasteiger charge is -2.35. The van der Waals surface area contributed by atoms with Crippen molar-refractivity contribution >= 4 is 5.91 Å². The fourth-order valence-corrected chi connectivity index (χ4v) is 4.98. The number of nitrogens with zero attached hydrogens (tertiary/aromatic N) is 1. The third-order valence-electron chi connectivity index (χ3n) is 6.83. The van der Waals surface area contributed by atoms with Gasteiger partial charge in [0, 0.05) is 18.4 Å². The minimum absolute atomic E-state index is 0.0217. The van der Waals surface area contributed by atoms with Crippen molar-refractivity contribution in [1.29, 1.82) is 0 Å². The van der Waals surface area contributed by atoms with Gasteiger partial charge in [0.05, 0.1) is 11.7 Å². The van der Waals surface area contributed by atoms with Gasteiger partial charge in [0.15, 0.2) is 5.72 Å². The smallest absolute Gasteiger partial charge is 0.228 e. The fourth-order valence-electron chi connectivity index (χ4n) is 4.98. The Morgan fingerprint density at radius 2 is 1.96 bits per heavy atom. The van der Waals surface area contributed by atoms with Gasteiger partial charge >= 0.3 is 0 Å². The van der Waals surface area contributed by atoms with E-state index in [1.165, 1.54) is 5.57 Å². The second-order valence-electron chi connectivity index (χ2n) is 8.84. The van der Waals surface area contributed by atoms with Gasteiger partial charge in [-0.25, -0.2) is 0 Å². The summed E-state index contributed by atoms with van der Waals surface area (Å²) in [6.45, 7) is 10.9. The van der Waals surface area contributed by atoms with Crippen LogP contribution in [0.15, 0.2) is 23.3 Å². The second kappa shape index (κ2) is 7.12. The molecule has 3 rings (SSSR count). The molecule has 0 unspecified atom stereocenters. The number of carbonyl (C=O) groups excluding carboxylic acids is 1. The van der Waals surface area contributed by atoms with E-state index in [0.29, 0.717) is 12.6 Å². The van der Waals surface area contributed by atoms with Crippen molar-refractivity contribution in [3.63, 3.8) is 0 Å². The molecule has 0 saturated carbocycles. The zero-order valence-electron chi connectivity index (χ0n) is 17.0. The number of carbonyl (C=O) groups is 1. The van der Waals surface area contributed by atoms with Crippen LogP contribution in [-0.2, 0) is 9.53 Å². The number of epoxide rings is 1. The van der Waals surface area contributed by atoms with Gasteiger partial charge in [-0.3, -0.25) is 4.79 Å². The molecule has 2 fully saturated rings. The standard InChI is InChI=1S/C22H35NO3/c1-6-23-20(24)17(4)18-11-9-15(2)8-7-13-21(5)19(26-21)12-10-16(3)14-22(18,23)25/h8,14,17-19,25H,6-7,9-13H2,1-5H3/b15-8+,16-14+/t17-,18+,19-,21-,22-/m0/s1. The summed E-state index contributed by atoms with van der Waals surface area (Å²) in [5, 5.41) is 11.6. The van der Waals surface area contributed by atoms with Crippen LogP contribution in [0, 0.1) is 11.8 Å². The highest BCUT2D eigenvalue weighted by Gasteiger charge is 2.54. The van der Waals surface area contributed by atoms with E-state index in [2.05, 4.69) is 26.8 Å². The first-order valence-electron chi connectivity index (χ1n) is 10.3. The van der Waals surface area contributed by atoms with E-state index >= 15 is 0 Å². The molecular formula is C22H35NO3. The zero-order chi connectivity index (χ0) is 19.1. The molecule has 2 saturated heterocycles. The molecule has 0 bridgehead atoms. The molecule has 1 N–H and O–H groups in total. The Morgan fingerprint density at radius 3 is 2.65 bits per heavy atom. The Kier molecular flexibility index (Phi) is 5.38. The molecule has 2 heterocycles. The van der Waals surface area contributed by atoms with E-state index in [0.717, 1.165) is 44.1 Å². The van der Waals surface area contributed by atoms with Gasteiger partial charge in [-0.05, 0) is 72.3 Å². The molecule has 1 aliphatic carbocycles. The van der Waals surface area contributed by atoms with E-state index in [1.54, 1.807) is 4.90 Å². The highest BCUT2D eigenvalue weighted by atomic mass is 16.6. The average molecular weight is 362 g/mol. The van der Waals surface area contributed by atoms with E-state index in [9.17, 15) is 9.90 Å². The summed E-state index contributed by atoms with van der Waals surface area (Å²) in [4.78, 5) is 14.4. The molecule has 0 aromatic heterocycles. The molecular weight excluding hydrogens is 326 g/mol. The summed E-state index contributed by atoms with van der Waals surface area (Å²) in [5.41, 5.74) is 1.36. The van der Waals surface area contributed by atoms with E-state index in [1.807, 2.05) is 19.9 Å². The van der Waals surface area contributed by atoms with Crippen LogP contribution >= 0.6 is 0 Å². The Morgan fingerprint density at radius 1 is 1.27 bits per heavy atom. The van der Waals surface area contributed by atoms with Gasteiger partial charge < -0.3 is 14.7 Å². The predicted molar refractivity (Wildman–Crippen MR) is 103 cm³/mol. The Bertz CT molecular complexity index is 625. The Balaban J connectivity index is 1.90. The van der Waals surface area contributed by atoms with Crippen LogP contribution in [0.5, 0.6) is 0 Å². The summed E-state index contributed by atoms with van der Waals surface area (Å²) in [7, 11) is 0. The number of likely N-dealkylation sites (N-methyl/N-ethyl adjacent to an activating group) is 1. The van der Waals surface area contributed by atoms with Crippen molar-refractivity contribution in [1.82, 2.24) is 4.90 Å². The first-order valence-corrected chi connectivity index (χ1v) is 10.3. The summed E-state index contributed by atoms with van der Waals surface area (Å²) in [6.07, 6.45) is 10.4. The van der Waals surface area contributed by atoms with Crippen molar-refractivity contribution in [3.8, 4) is 0 Å². The maximum Gasteiger partial charge on any atom is 0.228 e. The first-order chi connectivity index (χ1) is 12.2. The topological polar surface area (TPSA) is 53.1 Å². The molecule has 0 aromatic carbocycles. The molecule has 146 valence electrons. The lowest BCUT2D eigenvalue weighted by Crippen LogP contribution is -2.48. The summed E-state index contributed by atoms with van der Waals surface area (Å²) in [6, 6.07) is 0. The normalized spacial score (nSPS) is 45.7. The van der Waals surface area contributed by atoms with Crippen molar-refractivity contribution in [2.75, 3.05) is 6.54 Å². The number of amides is 1. The van der Waals surface area contributed by atoms with Gasteiger partial charge in [0.25, 0.3) is 0 Å². The maximum atomic E-state index is 12.7. The quantitative estimate of drug-likeness (QED) is 0.563. The Labute approximate surface area is 158 Å². The lowest BCUT2D eigenvalue weighted by atomic mass is 9.82. The minimum atomic E-state index is -1.16. The molecule has 5 atom stereocenters. The van der Waals surface area contributed by atoms with E-state index in [4.69, 9.17) is 4.74 Å². The number of hydrogen-bond acceptors (Lipinski definition) is 3. The number of ether oxygens (including phenoxy) is 1. The second-order valence-corrected chi connectivity index (χ2v) is 8.84. The third kappa shape index (κ3) is 3.50. The molecule has 0 spiro atoms. The van der Waals surface area contributed by atoms with Gasteiger partial charge in [-0.1, -0.05) is 24.1 Å². The summed E-state index contributed by atoms with van der Waals surface area (Å²) in [5.74, 6) is -0.119. The van der Waals surface area contributed by atoms with Gasteiger partial charge in [0.2, 0.25) is 5.91 Å². The molecule has 26 heavy (non-hydrogen) atoms. The number of rotatable bonds is 1. The van der Waals surface area contributed by atoms with Crippen molar-refractivity contribution in [2.24, 2.45) is 11.8 Å². The lowest BCUT2D eigenvalue weighted by molar-refractivity contribution is -0.141. The molecule has 1 amide bonds. The van der Waals surface area contributed by atoms with Crippen LogP contribution in [0.2, 0.25) is 0 Å². The van der Waals surface area contributed by atoms with Crippen LogP contribution in [0.4, 0.5) is 0 Å². The molecule has 3 aliphatic rings. The fraction of sp³-hybridized carbons (Fsp3) is 0.773. The van der Waals surface area contributed by atoms with Gasteiger partial charge in [0.1, 0.15) is 0 Å². The highest BCUT2D eigenvalue weighted by Crippen LogP contribution is 2.46. The van der Waals surface area contributed by atoms with Crippen LogP contribution in [0.3, 0.4) is 0 Å². The molecule has 0 aromatic rings. The number of allylic oxidation sites excluding steroid dienone is 3. The third-order valence-corrected chi connectivity index (χ3v) is 6.83. The predicted octanol–water partition coefficient (Wildman–Crippen LogP) is 4.19. The van der Waals surface area contributed by atoms with Crippen molar-refractivity contribution in [2.45, 2.75) is 90.6 Å². The van der Waals surface area contributed by atoms with Crippen molar-refractivity contribution in [3.05, 3.63) is 23.3 Å². The summed E-state index contributed by atoms with van der Waals surface area (Å²) >= 11 is 0. The van der Waals surface area contributed by atoms with Crippen molar-refractivity contribution < 1.29 is 14.6 Å². The monoisotopic (exact) mass is 361 g/mol. The molecule has 2 aliphatic heterocycles. The zero-order valence-corrected chi connectivity index (χ0v) is 17.0. The van der Waals surface area contributed by atoms with Crippen LogP contribution < -0.4 is 0 Å². The SMILES string of the molecule is CCN1C(=O)[C@@H](C)[C@H]2CC/C(C)=C/CC[C@]3(C)O[C@H]3CC/C(C)=C/[C@]21O. The Hall–Kier alpha value is -1.13. The largest absolute Gasteiger partial charge is 0.367 e. The first kappa shape index (κ1) is 19.6. The average Bonchev–Trinajstić information content (AvgIpc) is 3.17. The van der Waals surface area contributed by atoms with Crippen LogP contribution in [0.25, 0.3) is 0 Å². The molecule has 4 nitrogen and oxygen atoms in total. The van der Waals surface area contributed by atoms with Crippen LogP contribution in [-0.4, -0.2) is 39.9 Å². The van der Waals surface area contributed by atoms with Gasteiger partial charge in [-0.2, -0.15) is 0 Å². The van der Waals surface area contributed by atoms with E-state index in [-0.39, 0.29) is 23.3 Å². The minimum Gasteiger partial charge on any atom is -0.367 e. The maximum absolute atomic E-state index is 12.7. The van der Waals surface area contributed by atoms with E-state index < -0.39 is 5.72 Å². The van der Waals surface area contributed by atoms with Gasteiger partial charge in [-0.15, -0.1) is 0 Å². The number of hydrogen-bond donors (Lipinski definition) is 1. The highest BCUT2D eigenvalue weighted by molar-refractivity contribution is 5.82. The molecule has 4 heteroatoms. The van der Waals surface area contributed by atoms with Crippen LogP contribution in [0.1, 0.15) is 73.1 Å². The number of fused-ring (bicyclic) bond motifs is 2. The number of likely N-dealkylation sites (tertiary alicyclic amines) is 1. The molecule has 0 radical (unpaired) electrons. The summed E-state index contributed by atoms with van der Waals surface area (Å²) < 4.78 is 5.97. The number of aliphatic hydroxyl groups is 1.